The molecule has 1 unspecified atom stereocenters. The first-order valence-corrected chi connectivity index (χ1v) is 12.3. The molecule has 1 atom stereocenters. The van der Waals surface area contributed by atoms with Gasteiger partial charge in [-0.05, 0) is 62.1 Å². The summed E-state index contributed by atoms with van der Waals surface area (Å²) in [6.07, 6.45) is 4.36. The van der Waals surface area contributed by atoms with Crippen LogP contribution < -0.4 is 4.74 Å². The highest BCUT2D eigenvalue weighted by molar-refractivity contribution is 7.99. The van der Waals surface area contributed by atoms with Crippen LogP contribution in [0.1, 0.15) is 32.6 Å². The molecule has 4 rings (SSSR count). The maximum Gasteiger partial charge on any atom is 0.233 e. The van der Waals surface area contributed by atoms with Gasteiger partial charge in [-0.2, -0.15) is 0 Å². The highest BCUT2D eigenvalue weighted by Gasteiger charge is 2.26. The van der Waals surface area contributed by atoms with E-state index in [4.69, 9.17) is 16.3 Å². The number of ether oxygens (including phenoxy) is 1. The molecule has 32 heavy (non-hydrogen) atoms. The molecule has 2 heterocycles. The number of thioether (sulfide) groups is 1. The highest BCUT2D eigenvalue weighted by atomic mass is 35.5. The number of benzene rings is 2. The monoisotopic (exact) mass is 470 g/mol. The Morgan fingerprint density at radius 1 is 1.16 bits per heavy atom. The second-order valence-electron chi connectivity index (χ2n) is 7.75. The zero-order valence-corrected chi connectivity index (χ0v) is 19.9. The van der Waals surface area contributed by atoms with E-state index in [1.807, 2.05) is 58.0 Å². The van der Waals surface area contributed by atoms with Gasteiger partial charge in [0, 0.05) is 23.8 Å². The van der Waals surface area contributed by atoms with Gasteiger partial charge in [-0.1, -0.05) is 42.4 Å². The Morgan fingerprint density at radius 2 is 1.94 bits per heavy atom. The van der Waals surface area contributed by atoms with Gasteiger partial charge >= 0.3 is 0 Å². The molecule has 8 heteroatoms. The number of halogens is 1. The fourth-order valence-electron chi connectivity index (χ4n) is 4.11. The van der Waals surface area contributed by atoms with Crippen LogP contribution >= 0.6 is 23.4 Å². The molecule has 0 radical (unpaired) electrons. The lowest BCUT2D eigenvalue weighted by Crippen LogP contribution is -2.44. The maximum absolute atomic E-state index is 13.0. The molecule has 6 nitrogen and oxygen atoms in total. The van der Waals surface area contributed by atoms with E-state index in [-0.39, 0.29) is 5.91 Å². The van der Waals surface area contributed by atoms with Crippen LogP contribution in [0.25, 0.3) is 17.1 Å². The van der Waals surface area contributed by atoms with Crippen molar-refractivity contribution in [3.05, 3.63) is 53.6 Å². The van der Waals surface area contributed by atoms with Crippen LogP contribution in [0.5, 0.6) is 5.75 Å². The van der Waals surface area contributed by atoms with Crippen molar-refractivity contribution in [2.24, 2.45) is 0 Å². The third-order valence-electron chi connectivity index (χ3n) is 5.82. The number of aromatic nitrogens is 3. The van der Waals surface area contributed by atoms with Crippen LogP contribution in [0.3, 0.4) is 0 Å². The summed E-state index contributed by atoms with van der Waals surface area (Å²) in [5, 5.41) is 10.1. The third kappa shape index (κ3) is 4.79. The maximum atomic E-state index is 13.0. The van der Waals surface area contributed by atoms with Gasteiger partial charge in [0.2, 0.25) is 5.91 Å². The molecule has 168 valence electrons. The summed E-state index contributed by atoms with van der Waals surface area (Å²) in [5.74, 6) is 1.89. The van der Waals surface area contributed by atoms with Crippen LogP contribution in [0.2, 0.25) is 5.02 Å². The van der Waals surface area contributed by atoms with Gasteiger partial charge in [-0.25, -0.2) is 0 Å². The molecule has 1 fully saturated rings. The minimum atomic E-state index is 0.158. The van der Waals surface area contributed by atoms with E-state index >= 15 is 0 Å². The molecular weight excluding hydrogens is 444 g/mol. The van der Waals surface area contributed by atoms with Crippen molar-refractivity contribution in [1.82, 2.24) is 19.7 Å². The van der Waals surface area contributed by atoms with Gasteiger partial charge in [0.05, 0.1) is 17.9 Å². The summed E-state index contributed by atoms with van der Waals surface area (Å²) in [4.78, 5) is 15.1. The minimum absolute atomic E-state index is 0.158. The van der Waals surface area contributed by atoms with E-state index < -0.39 is 0 Å². The van der Waals surface area contributed by atoms with Crippen molar-refractivity contribution in [3.8, 4) is 22.8 Å². The summed E-state index contributed by atoms with van der Waals surface area (Å²) in [6, 6.07) is 15.6. The lowest BCUT2D eigenvalue weighted by molar-refractivity contribution is -0.132. The van der Waals surface area contributed by atoms with Gasteiger partial charge in [-0.3, -0.25) is 9.36 Å². The van der Waals surface area contributed by atoms with Crippen LogP contribution in [-0.2, 0) is 4.79 Å². The van der Waals surface area contributed by atoms with Gasteiger partial charge in [0.25, 0.3) is 0 Å². The summed E-state index contributed by atoms with van der Waals surface area (Å²) in [6.45, 7) is 2.99. The molecule has 1 aliphatic heterocycles. The van der Waals surface area contributed by atoms with E-state index in [0.29, 0.717) is 27.8 Å². The Kier molecular flexibility index (Phi) is 7.37. The number of likely N-dealkylation sites (tertiary alicyclic amines) is 1. The summed E-state index contributed by atoms with van der Waals surface area (Å²) in [7, 11) is 1.64. The fourth-order valence-corrected chi connectivity index (χ4v) is 5.17. The lowest BCUT2D eigenvalue weighted by Gasteiger charge is -2.35. The molecule has 0 bridgehead atoms. The predicted octanol–water partition coefficient (Wildman–Crippen LogP) is 5.48. The predicted molar refractivity (Wildman–Crippen MR) is 129 cm³/mol. The number of amides is 1. The van der Waals surface area contributed by atoms with E-state index in [0.717, 1.165) is 42.8 Å². The van der Waals surface area contributed by atoms with Crippen molar-refractivity contribution < 1.29 is 9.53 Å². The van der Waals surface area contributed by atoms with Gasteiger partial charge in [0.1, 0.15) is 5.75 Å². The SMILES string of the molecule is CCC1CCCCN1C(=O)CSc1nnc(-c2ccccc2Cl)n1-c1ccc(OC)cc1. The zero-order chi connectivity index (χ0) is 22.5. The van der Waals surface area contributed by atoms with Crippen LogP contribution in [-0.4, -0.2) is 51.0 Å². The quantitative estimate of drug-likeness (QED) is 0.428. The van der Waals surface area contributed by atoms with E-state index in [1.54, 1.807) is 7.11 Å². The molecule has 0 spiro atoms. The average Bonchev–Trinajstić information content (AvgIpc) is 3.26. The average molecular weight is 471 g/mol. The number of hydrogen-bond donors (Lipinski definition) is 0. The second kappa shape index (κ2) is 10.4. The number of methoxy groups -OCH3 is 1. The van der Waals surface area contributed by atoms with Crippen molar-refractivity contribution in [2.75, 3.05) is 19.4 Å². The first-order valence-electron chi connectivity index (χ1n) is 10.9. The van der Waals surface area contributed by atoms with E-state index in [9.17, 15) is 4.79 Å². The number of rotatable bonds is 7. The minimum Gasteiger partial charge on any atom is -0.497 e. The third-order valence-corrected chi connectivity index (χ3v) is 7.07. The van der Waals surface area contributed by atoms with Crippen molar-refractivity contribution in [1.29, 1.82) is 0 Å². The van der Waals surface area contributed by atoms with E-state index in [2.05, 4.69) is 17.1 Å². The molecule has 0 saturated carbocycles. The van der Waals surface area contributed by atoms with Gasteiger partial charge < -0.3 is 9.64 Å². The Labute approximate surface area is 197 Å². The van der Waals surface area contributed by atoms with Gasteiger partial charge in [-0.15, -0.1) is 10.2 Å². The topological polar surface area (TPSA) is 60.2 Å². The molecule has 1 aliphatic rings. The zero-order valence-electron chi connectivity index (χ0n) is 18.3. The molecule has 1 amide bonds. The number of nitrogens with zero attached hydrogens (tertiary/aromatic N) is 4. The normalized spacial score (nSPS) is 16.2. The van der Waals surface area contributed by atoms with Crippen LogP contribution in [0, 0.1) is 0 Å². The number of piperidine rings is 1. The number of hydrogen-bond acceptors (Lipinski definition) is 5. The van der Waals surface area contributed by atoms with Crippen LogP contribution in [0.4, 0.5) is 0 Å². The molecule has 2 aromatic carbocycles. The number of carbonyl (C=O) groups is 1. The standard InChI is InChI=1S/C24H27ClN4O2S/c1-3-17-8-6-7-15-28(17)22(30)16-32-24-27-26-23(20-9-4-5-10-21(20)25)29(24)18-11-13-19(31-2)14-12-18/h4-5,9-14,17H,3,6-8,15-16H2,1-2H3. The van der Waals surface area contributed by atoms with Crippen molar-refractivity contribution in [3.63, 3.8) is 0 Å². The lowest BCUT2D eigenvalue weighted by atomic mass is 10.0. The first kappa shape index (κ1) is 22.7. The Morgan fingerprint density at radius 3 is 2.66 bits per heavy atom. The van der Waals surface area contributed by atoms with Crippen molar-refractivity contribution >= 4 is 29.3 Å². The first-order chi connectivity index (χ1) is 15.6. The summed E-state index contributed by atoms with van der Waals surface area (Å²) < 4.78 is 7.25. The Hall–Kier alpha value is -2.51. The summed E-state index contributed by atoms with van der Waals surface area (Å²) in [5.41, 5.74) is 1.67. The summed E-state index contributed by atoms with van der Waals surface area (Å²) >= 11 is 7.88. The highest BCUT2D eigenvalue weighted by Crippen LogP contribution is 2.33. The Balaban J connectivity index is 1.64. The Bertz CT molecular complexity index is 1070. The second-order valence-corrected chi connectivity index (χ2v) is 9.10. The molecule has 1 saturated heterocycles. The molecular formula is C24H27ClN4O2S. The smallest absolute Gasteiger partial charge is 0.233 e. The molecule has 0 aliphatic carbocycles. The number of carbonyl (C=O) groups excluding carboxylic acids is 1. The van der Waals surface area contributed by atoms with Crippen molar-refractivity contribution in [2.45, 2.75) is 43.8 Å². The van der Waals surface area contributed by atoms with Gasteiger partial charge in [0.15, 0.2) is 11.0 Å². The molecule has 0 N–H and O–H groups in total. The largest absolute Gasteiger partial charge is 0.497 e. The van der Waals surface area contributed by atoms with E-state index in [1.165, 1.54) is 18.2 Å². The fraction of sp³-hybridized carbons (Fsp3) is 0.375. The molecule has 3 aromatic rings. The molecule has 1 aromatic heterocycles. The van der Waals surface area contributed by atoms with Crippen LogP contribution in [0.15, 0.2) is 53.7 Å².